The fraction of sp³-hybridized carbons (Fsp3) is 0.364. The van der Waals surface area contributed by atoms with E-state index in [1.807, 2.05) is 0 Å². The zero-order valence-electron chi connectivity index (χ0n) is 8.86. The number of sulfone groups is 1. The summed E-state index contributed by atoms with van der Waals surface area (Å²) in [6.07, 6.45) is 1.32. The van der Waals surface area contributed by atoms with Crippen molar-refractivity contribution in [2.75, 3.05) is 11.1 Å². The summed E-state index contributed by atoms with van der Waals surface area (Å²) in [7, 11) is -3.38. The van der Waals surface area contributed by atoms with Crippen molar-refractivity contribution < 1.29 is 13.2 Å². The Balaban J connectivity index is 2.21. The van der Waals surface area contributed by atoms with E-state index in [9.17, 15) is 13.2 Å². The summed E-state index contributed by atoms with van der Waals surface area (Å²) in [4.78, 5) is 12.2. The van der Waals surface area contributed by atoms with Gasteiger partial charge in [0.2, 0.25) is 5.91 Å². The number of carbonyl (C=O) groups excluding carboxylic acids is 1. The molecule has 1 aliphatic carbocycles. The zero-order chi connectivity index (χ0) is 12.3. The average Bonchev–Trinajstić information content (AvgIpc) is 2.97. The largest absolute Gasteiger partial charge is 0.324 e. The van der Waals surface area contributed by atoms with Gasteiger partial charge in [0.05, 0.1) is 21.8 Å². The van der Waals surface area contributed by atoms with Gasteiger partial charge < -0.3 is 5.32 Å². The molecule has 0 aromatic heterocycles. The van der Waals surface area contributed by atoms with Crippen LogP contribution in [0.4, 0.5) is 5.69 Å². The average molecular weight is 316 g/mol. The van der Waals surface area contributed by atoms with Crippen LogP contribution in [0.1, 0.15) is 12.8 Å². The van der Waals surface area contributed by atoms with Crippen LogP contribution in [0.25, 0.3) is 0 Å². The molecule has 1 fully saturated rings. The smallest absolute Gasteiger partial charge is 0.231 e. The summed E-state index contributed by atoms with van der Waals surface area (Å²) in [5.41, 5.74) is -0.294. The van der Waals surface area contributed by atoms with Gasteiger partial charge in [-0.2, -0.15) is 0 Å². The highest BCUT2D eigenvalue weighted by molar-refractivity contribution is 9.10. The monoisotopic (exact) mass is 315 g/mol. The maximum Gasteiger partial charge on any atom is 0.231 e. The van der Waals surface area contributed by atoms with Gasteiger partial charge >= 0.3 is 0 Å². The zero-order valence-corrected chi connectivity index (χ0v) is 11.3. The van der Waals surface area contributed by atoms with Gasteiger partial charge in [0.15, 0.2) is 9.84 Å². The molecule has 2 aliphatic rings. The Morgan fingerprint density at radius 3 is 2.65 bits per heavy atom. The molecule has 1 N–H and O–H groups in total. The van der Waals surface area contributed by atoms with E-state index in [1.165, 1.54) is 6.07 Å². The molecule has 17 heavy (non-hydrogen) atoms. The van der Waals surface area contributed by atoms with E-state index in [0.29, 0.717) is 18.5 Å². The predicted octanol–water partition coefficient (Wildman–Crippen LogP) is 1.96. The Labute approximate surface area is 107 Å². The molecule has 1 spiro atoms. The summed E-state index contributed by atoms with van der Waals surface area (Å²) in [6, 6.07) is 4.84. The Morgan fingerprint density at radius 1 is 1.29 bits per heavy atom. The van der Waals surface area contributed by atoms with Crippen LogP contribution in [0.2, 0.25) is 0 Å². The fourth-order valence-electron chi connectivity index (χ4n) is 2.16. The highest BCUT2D eigenvalue weighted by atomic mass is 79.9. The highest BCUT2D eigenvalue weighted by Crippen LogP contribution is 2.50. The maximum atomic E-state index is 12.2. The summed E-state index contributed by atoms with van der Waals surface area (Å²) in [6.45, 7) is 0. The maximum absolute atomic E-state index is 12.2. The third-order valence-corrected chi connectivity index (χ3v) is 5.78. The lowest BCUT2D eigenvalue weighted by Crippen LogP contribution is -2.27. The van der Waals surface area contributed by atoms with E-state index in [-0.39, 0.29) is 16.6 Å². The standard InChI is InChI=1S/C11H10BrNO3S/c12-7-1-2-9-8(5-7)13-10(14)11(3-4-11)6-17(9,15)16/h1-2,5H,3-4,6H2,(H,13,14). The third kappa shape index (κ3) is 1.70. The number of hydrogen-bond acceptors (Lipinski definition) is 3. The summed E-state index contributed by atoms with van der Waals surface area (Å²) < 4.78 is 25.1. The van der Waals surface area contributed by atoms with Crippen LogP contribution in [0.3, 0.4) is 0 Å². The second kappa shape index (κ2) is 3.32. The number of anilines is 1. The lowest BCUT2D eigenvalue weighted by Gasteiger charge is -2.08. The van der Waals surface area contributed by atoms with Gasteiger partial charge in [-0.3, -0.25) is 4.79 Å². The van der Waals surface area contributed by atoms with Crippen molar-refractivity contribution in [1.82, 2.24) is 0 Å². The van der Waals surface area contributed by atoms with E-state index in [0.717, 1.165) is 4.47 Å². The molecule has 0 radical (unpaired) electrons. The van der Waals surface area contributed by atoms with Crippen molar-refractivity contribution in [1.29, 1.82) is 0 Å². The normalized spacial score (nSPS) is 23.7. The molecule has 1 aliphatic heterocycles. The Morgan fingerprint density at radius 2 is 2.00 bits per heavy atom. The molecule has 3 rings (SSSR count). The number of fused-ring (bicyclic) bond motifs is 1. The number of nitrogens with one attached hydrogen (secondary N) is 1. The van der Waals surface area contributed by atoms with Gasteiger partial charge in [0.25, 0.3) is 0 Å². The molecule has 1 aromatic carbocycles. The molecular formula is C11H10BrNO3S. The second-order valence-electron chi connectivity index (χ2n) is 4.63. The van der Waals surface area contributed by atoms with Gasteiger partial charge in [-0.25, -0.2) is 8.42 Å². The summed E-state index contributed by atoms with van der Waals surface area (Å²) in [5.74, 6) is -0.238. The minimum absolute atomic E-state index is 0.0690. The molecule has 1 aromatic rings. The molecule has 1 heterocycles. The van der Waals surface area contributed by atoms with Gasteiger partial charge in [-0.05, 0) is 31.0 Å². The van der Waals surface area contributed by atoms with Gasteiger partial charge in [-0.1, -0.05) is 15.9 Å². The number of rotatable bonds is 0. The van der Waals surface area contributed by atoms with E-state index in [4.69, 9.17) is 0 Å². The SMILES string of the molecule is O=C1Nc2cc(Br)ccc2S(=O)(=O)CC12CC2. The van der Waals surface area contributed by atoms with Crippen molar-refractivity contribution in [2.45, 2.75) is 17.7 Å². The minimum Gasteiger partial charge on any atom is -0.324 e. The van der Waals surface area contributed by atoms with Crippen LogP contribution in [0.15, 0.2) is 27.6 Å². The number of benzene rings is 1. The number of amides is 1. The Hall–Kier alpha value is -0.880. The van der Waals surface area contributed by atoms with E-state index in [1.54, 1.807) is 12.1 Å². The molecule has 0 saturated heterocycles. The highest BCUT2D eigenvalue weighted by Gasteiger charge is 2.54. The van der Waals surface area contributed by atoms with Crippen LogP contribution < -0.4 is 5.32 Å². The van der Waals surface area contributed by atoms with Crippen molar-refractivity contribution in [3.05, 3.63) is 22.7 Å². The topological polar surface area (TPSA) is 63.2 Å². The summed E-state index contributed by atoms with van der Waals surface area (Å²) >= 11 is 3.27. The lowest BCUT2D eigenvalue weighted by atomic mass is 10.1. The minimum atomic E-state index is -3.38. The fourth-order valence-corrected chi connectivity index (χ4v) is 4.54. The molecule has 1 amide bonds. The molecule has 0 bridgehead atoms. The van der Waals surface area contributed by atoms with Crippen molar-refractivity contribution in [3.8, 4) is 0 Å². The Kier molecular flexibility index (Phi) is 2.19. The van der Waals surface area contributed by atoms with Crippen molar-refractivity contribution in [2.24, 2.45) is 5.41 Å². The first-order chi connectivity index (χ1) is 7.93. The lowest BCUT2D eigenvalue weighted by molar-refractivity contribution is -0.120. The molecule has 0 unspecified atom stereocenters. The number of carbonyl (C=O) groups is 1. The van der Waals surface area contributed by atoms with Gasteiger partial charge in [0.1, 0.15) is 0 Å². The predicted molar refractivity (Wildman–Crippen MR) is 66.5 cm³/mol. The van der Waals surface area contributed by atoms with E-state index < -0.39 is 15.3 Å². The first-order valence-electron chi connectivity index (χ1n) is 5.27. The first-order valence-corrected chi connectivity index (χ1v) is 7.71. The molecule has 4 nitrogen and oxygen atoms in total. The molecule has 90 valence electrons. The Bertz CT molecular complexity index is 620. The molecule has 6 heteroatoms. The number of hydrogen-bond donors (Lipinski definition) is 1. The van der Waals surface area contributed by atoms with Crippen LogP contribution >= 0.6 is 15.9 Å². The first kappa shape index (κ1) is 11.2. The van der Waals surface area contributed by atoms with Crippen LogP contribution in [-0.4, -0.2) is 20.1 Å². The van der Waals surface area contributed by atoms with Gasteiger partial charge in [-0.15, -0.1) is 0 Å². The van der Waals surface area contributed by atoms with Crippen LogP contribution in [0.5, 0.6) is 0 Å². The van der Waals surface area contributed by atoms with Gasteiger partial charge in [0, 0.05) is 4.47 Å². The third-order valence-electron chi connectivity index (χ3n) is 3.33. The molecular weight excluding hydrogens is 306 g/mol. The van der Waals surface area contributed by atoms with Crippen LogP contribution in [-0.2, 0) is 14.6 Å². The second-order valence-corrected chi connectivity index (χ2v) is 7.51. The van der Waals surface area contributed by atoms with E-state index >= 15 is 0 Å². The van der Waals surface area contributed by atoms with Crippen LogP contribution in [0, 0.1) is 5.41 Å². The number of halogens is 1. The quantitative estimate of drug-likeness (QED) is 0.796. The van der Waals surface area contributed by atoms with Crippen molar-refractivity contribution >= 4 is 37.4 Å². The molecule has 1 saturated carbocycles. The summed E-state index contributed by atoms with van der Waals surface area (Å²) in [5, 5.41) is 2.72. The van der Waals surface area contributed by atoms with E-state index in [2.05, 4.69) is 21.2 Å². The molecule has 0 atom stereocenters. The van der Waals surface area contributed by atoms with Crippen molar-refractivity contribution in [3.63, 3.8) is 0 Å².